The highest BCUT2D eigenvalue weighted by atomic mass is 127. The van der Waals surface area contributed by atoms with E-state index in [1.807, 2.05) is 29.8 Å². The second kappa shape index (κ2) is 7.07. The van der Waals surface area contributed by atoms with Crippen molar-refractivity contribution in [2.45, 2.75) is 13.2 Å². The predicted octanol–water partition coefficient (Wildman–Crippen LogP) is 1.60. The first kappa shape index (κ1) is 9.96. The monoisotopic (exact) mass is 256 g/mol. The molecule has 0 aromatic rings. The van der Waals surface area contributed by atoms with Crippen molar-refractivity contribution in [2.75, 3.05) is 13.2 Å². The Morgan fingerprint density at radius 3 is 3.10 bits per heavy atom. The summed E-state index contributed by atoms with van der Waals surface area (Å²) < 4.78 is 7.96. The lowest BCUT2D eigenvalue weighted by molar-refractivity contribution is 0.0700. The molecule has 0 saturated heterocycles. The molecular formula is C4H9IN4O. The van der Waals surface area contributed by atoms with Crippen LogP contribution in [0.1, 0.15) is 6.92 Å². The average molecular weight is 256 g/mol. The lowest BCUT2D eigenvalue weighted by Crippen LogP contribution is -2.20. The maximum atomic E-state index is 7.87. The van der Waals surface area contributed by atoms with Gasteiger partial charge in [0.05, 0.1) is 6.61 Å². The van der Waals surface area contributed by atoms with E-state index in [-0.39, 0.29) is 6.23 Å². The van der Waals surface area contributed by atoms with Crippen molar-refractivity contribution in [1.82, 2.24) is 3.53 Å². The largest absolute Gasteiger partial charge is 0.363 e. The molecule has 1 N–H and O–H groups in total. The molecule has 0 bridgehead atoms. The molecule has 0 aliphatic rings. The van der Waals surface area contributed by atoms with Crippen LogP contribution in [0.25, 0.3) is 10.4 Å². The van der Waals surface area contributed by atoms with Gasteiger partial charge in [-0.1, -0.05) is 5.11 Å². The van der Waals surface area contributed by atoms with Crippen LogP contribution in [0.15, 0.2) is 5.11 Å². The van der Waals surface area contributed by atoms with Crippen LogP contribution in [0, 0.1) is 0 Å². The second-order valence-corrected chi connectivity index (χ2v) is 2.20. The van der Waals surface area contributed by atoms with Gasteiger partial charge in [-0.3, -0.25) is 0 Å². The second-order valence-electron chi connectivity index (χ2n) is 1.58. The Morgan fingerprint density at radius 2 is 2.60 bits per heavy atom. The minimum atomic E-state index is 0.00879. The maximum Gasteiger partial charge on any atom is 0.113 e. The van der Waals surface area contributed by atoms with Crippen molar-refractivity contribution >= 4 is 22.9 Å². The van der Waals surface area contributed by atoms with Crippen molar-refractivity contribution < 1.29 is 4.74 Å². The highest BCUT2D eigenvalue weighted by Crippen LogP contribution is 1.87. The zero-order chi connectivity index (χ0) is 7.82. The molecule has 0 radical (unpaired) electrons. The van der Waals surface area contributed by atoms with Gasteiger partial charge >= 0.3 is 0 Å². The minimum absolute atomic E-state index is 0.00879. The predicted molar refractivity (Wildman–Crippen MR) is 46.6 cm³/mol. The van der Waals surface area contributed by atoms with Gasteiger partial charge in [0.25, 0.3) is 0 Å². The van der Waals surface area contributed by atoms with E-state index in [2.05, 4.69) is 13.6 Å². The number of hydrogen-bond donors (Lipinski definition) is 1. The molecule has 0 amide bonds. The summed E-state index contributed by atoms with van der Waals surface area (Å²) in [6.07, 6.45) is 0.00879. The Kier molecular flexibility index (Phi) is 7.04. The van der Waals surface area contributed by atoms with E-state index < -0.39 is 0 Å². The molecule has 1 unspecified atom stereocenters. The van der Waals surface area contributed by atoms with Crippen molar-refractivity contribution in [3.8, 4) is 0 Å². The van der Waals surface area contributed by atoms with Gasteiger partial charge < -0.3 is 4.74 Å². The highest BCUT2D eigenvalue weighted by molar-refractivity contribution is 14.1. The van der Waals surface area contributed by atoms with Crippen LogP contribution in [-0.4, -0.2) is 19.4 Å². The minimum Gasteiger partial charge on any atom is -0.363 e. The topological polar surface area (TPSA) is 70.0 Å². The molecule has 58 valence electrons. The molecule has 0 aromatic carbocycles. The summed E-state index contributed by atoms with van der Waals surface area (Å²) in [5.74, 6) is 0. The van der Waals surface area contributed by atoms with Crippen molar-refractivity contribution in [3.63, 3.8) is 0 Å². The normalized spacial score (nSPS) is 12.2. The molecule has 0 heterocycles. The molecule has 0 aromatic heterocycles. The molecule has 0 saturated carbocycles. The van der Waals surface area contributed by atoms with Gasteiger partial charge in [-0.15, -0.1) is 0 Å². The number of nitrogens with zero attached hydrogens (tertiary/aromatic N) is 3. The van der Waals surface area contributed by atoms with E-state index in [9.17, 15) is 0 Å². The maximum absolute atomic E-state index is 7.87. The molecular weight excluding hydrogens is 247 g/mol. The van der Waals surface area contributed by atoms with Gasteiger partial charge in [0.15, 0.2) is 0 Å². The van der Waals surface area contributed by atoms with E-state index in [4.69, 9.17) is 10.3 Å². The zero-order valence-electron chi connectivity index (χ0n) is 5.62. The van der Waals surface area contributed by atoms with Gasteiger partial charge in [-0.2, -0.15) is 0 Å². The third-order valence-electron chi connectivity index (χ3n) is 0.776. The summed E-state index contributed by atoms with van der Waals surface area (Å²) in [6.45, 7) is 2.73. The SMILES string of the molecule is CC(NI)OCCN=[N+]=[N-]. The van der Waals surface area contributed by atoms with Gasteiger partial charge in [-0.05, 0) is 12.5 Å². The zero-order valence-corrected chi connectivity index (χ0v) is 7.78. The van der Waals surface area contributed by atoms with Crippen LogP contribution < -0.4 is 3.53 Å². The van der Waals surface area contributed by atoms with Crippen LogP contribution in [0.2, 0.25) is 0 Å². The number of rotatable bonds is 5. The summed E-state index contributed by atoms with van der Waals surface area (Å²) in [5, 5.41) is 3.30. The van der Waals surface area contributed by atoms with Crippen LogP contribution in [0.4, 0.5) is 0 Å². The number of halogens is 1. The molecule has 0 fully saturated rings. The Labute approximate surface area is 73.2 Å². The summed E-state index contributed by atoms with van der Waals surface area (Å²) in [7, 11) is 0. The molecule has 5 nitrogen and oxygen atoms in total. The quantitative estimate of drug-likeness (QED) is 0.154. The molecule has 0 spiro atoms. The fourth-order valence-corrected chi connectivity index (χ4v) is 0.526. The Bertz CT molecular complexity index is 124. The van der Waals surface area contributed by atoms with Crippen molar-refractivity contribution in [1.29, 1.82) is 0 Å². The van der Waals surface area contributed by atoms with Gasteiger partial charge in [0.1, 0.15) is 6.23 Å². The third-order valence-corrected chi connectivity index (χ3v) is 1.65. The van der Waals surface area contributed by atoms with Crippen LogP contribution in [0.3, 0.4) is 0 Å². The van der Waals surface area contributed by atoms with Gasteiger partial charge in [0.2, 0.25) is 0 Å². The summed E-state index contributed by atoms with van der Waals surface area (Å²) >= 11 is 2.00. The summed E-state index contributed by atoms with van der Waals surface area (Å²) in [4.78, 5) is 2.58. The van der Waals surface area contributed by atoms with Crippen molar-refractivity contribution in [2.24, 2.45) is 5.11 Å². The van der Waals surface area contributed by atoms with Crippen molar-refractivity contribution in [3.05, 3.63) is 10.4 Å². The molecule has 1 atom stereocenters. The molecule has 6 heteroatoms. The molecule has 10 heavy (non-hydrogen) atoms. The number of azide groups is 1. The summed E-state index contributed by atoms with van der Waals surface area (Å²) in [6, 6.07) is 0. The number of nitrogens with one attached hydrogen (secondary N) is 1. The van der Waals surface area contributed by atoms with Gasteiger partial charge in [-0.25, -0.2) is 3.53 Å². The van der Waals surface area contributed by atoms with Crippen LogP contribution in [0.5, 0.6) is 0 Å². The average Bonchev–Trinajstić information content (AvgIpc) is 1.98. The smallest absolute Gasteiger partial charge is 0.113 e. The number of ether oxygens (including phenoxy) is 1. The van der Waals surface area contributed by atoms with E-state index >= 15 is 0 Å². The standard InChI is InChI=1S/C4H9IN4O/c1-4(8-5)10-3-2-7-9-6/h4,8H,2-3H2,1H3. The Morgan fingerprint density at radius 1 is 1.90 bits per heavy atom. The first-order valence-electron chi connectivity index (χ1n) is 2.80. The third kappa shape index (κ3) is 6.09. The van der Waals surface area contributed by atoms with Crippen LogP contribution >= 0.6 is 22.9 Å². The van der Waals surface area contributed by atoms with E-state index in [1.54, 1.807) is 0 Å². The van der Waals surface area contributed by atoms with E-state index in [0.717, 1.165) is 0 Å². The fourth-order valence-electron chi connectivity index (χ4n) is 0.347. The van der Waals surface area contributed by atoms with E-state index in [0.29, 0.717) is 13.2 Å². The Balaban J connectivity index is 3.10. The summed E-state index contributed by atoms with van der Waals surface area (Å²) in [5.41, 5.74) is 7.87. The lowest BCUT2D eigenvalue weighted by Gasteiger charge is -2.07. The molecule has 0 aliphatic heterocycles. The molecule has 0 rings (SSSR count). The van der Waals surface area contributed by atoms with E-state index in [1.165, 1.54) is 0 Å². The molecule has 0 aliphatic carbocycles. The van der Waals surface area contributed by atoms with Gasteiger partial charge in [0, 0.05) is 34.3 Å². The highest BCUT2D eigenvalue weighted by Gasteiger charge is 1.94. The first-order chi connectivity index (χ1) is 4.81. The first-order valence-corrected chi connectivity index (χ1v) is 3.87. The fraction of sp³-hybridized carbons (Fsp3) is 1.00. The Hall–Kier alpha value is -0.0400. The number of hydrogen-bond acceptors (Lipinski definition) is 3. The van der Waals surface area contributed by atoms with Crippen LogP contribution in [-0.2, 0) is 4.74 Å². The lowest BCUT2D eigenvalue weighted by atomic mass is 10.6.